The molecule has 1 saturated heterocycles. The molecule has 5 nitrogen and oxygen atoms in total. The fourth-order valence-corrected chi connectivity index (χ4v) is 3.68. The fourth-order valence-electron chi connectivity index (χ4n) is 3.16. The van der Waals surface area contributed by atoms with E-state index in [0.717, 1.165) is 37.9 Å². The minimum Gasteiger partial charge on any atom is -0.480 e. The molecule has 1 fully saturated rings. The summed E-state index contributed by atoms with van der Waals surface area (Å²) in [5.41, 5.74) is 0.910. The molecule has 132 valence electrons. The van der Waals surface area contributed by atoms with E-state index in [4.69, 9.17) is 28.3 Å². The van der Waals surface area contributed by atoms with Gasteiger partial charge in [0.1, 0.15) is 6.54 Å². The van der Waals surface area contributed by atoms with E-state index in [2.05, 4.69) is 4.90 Å². The van der Waals surface area contributed by atoms with E-state index in [1.165, 1.54) is 11.8 Å². The first-order valence-corrected chi connectivity index (χ1v) is 8.78. The average molecular weight is 373 g/mol. The summed E-state index contributed by atoms with van der Waals surface area (Å²) in [6, 6.07) is 5.44. The Morgan fingerprint density at radius 3 is 2.50 bits per heavy atom. The summed E-state index contributed by atoms with van der Waals surface area (Å²) in [5.74, 6) is -1.17. The van der Waals surface area contributed by atoms with Gasteiger partial charge in [-0.1, -0.05) is 29.3 Å². The number of likely N-dealkylation sites (tertiary alicyclic amines) is 1. The van der Waals surface area contributed by atoms with Gasteiger partial charge in [0.25, 0.3) is 0 Å². The monoisotopic (exact) mass is 372 g/mol. The molecule has 0 bridgehead atoms. The zero-order chi connectivity index (χ0) is 17.7. The first kappa shape index (κ1) is 19.0. The smallest absolute Gasteiger partial charge is 0.323 e. The maximum Gasteiger partial charge on any atom is 0.323 e. The van der Waals surface area contributed by atoms with Gasteiger partial charge in [0.15, 0.2) is 0 Å². The van der Waals surface area contributed by atoms with Crippen LogP contribution >= 0.6 is 23.2 Å². The molecular formula is C17H22Cl2N2O3. The highest BCUT2D eigenvalue weighted by Crippen LogP contribution is 2.27. The van der Waals surface area contributed by atoms with E-state index in [1.54, 1.807) is 0 Å². The van der Waals surface area contributed by atoms with E-state index >= 15 is 0 Å². The van der Waals surface area contributed by atoms with E-state index in [-0.39, 0.29) is 18.5 Å². The molecule has 0 unspecified atom stereocenters. The highest BCUT2D eigenvalue weighted by molar-refractivity contribution is 6.35. The third-order valence-electron chi connectivity index (χ3n) is 4.38. The summed E-state index contributed by atoms with van der Waals surface area (Å²) in [6.07, 6.45) is 2.45. The van der Waals surface area contributed by atoms with Gasteiger partial charge in [0.2, 0.25) is 5.91 Å². The second kappa shape index (κ2) is 8.70. The second-order valence-electron chi connectivity index (χ2n) is 6.10. The number of carboxylic acid groups (broad SMARTS) is 1. The van der Waals surface area contributed by atoms with Crippen molar-refractivity contribution in [3.05, 3.63) is 33.8 Å². The summed E-state index contributed by atoms with van der Waals surface area (Å²) < 4.78 is 0. The number of halogens is 2. The number of nitrogens with zero attached hydrogens (tertiary/aromatic N) is 2. The topological polar surface area (TPSA) is 60.9 Å². The summed E-state index contributed by atoms with van der Waals surface area (Å²) in [6.45, 7) is 3.49. The van der Waals surface area contributed by atoms with Crippen molar-refractivity contribution in [3.8, 4) is 0 Å². The van der Waals surface area contributed by atoms with Gasteiger partial charge in [0.05, 0.1) is 0 Å². The van der Waals surface area contributed by atoms with Crippen LogP contribution in [-0.2, 0) is 16.1 Å². The minimum absolute atomic E-state index is 0.0367. The van der Waals surface area contributed by atoms with Crippen molar-refractivity contribution in [1.82, 2.24) is 9.80 Å². The van der Waals surface area contributed by atoms with Crippen LogP contribution in [-0.4, -0.2) is 52.5 Å². The molecule has 1 aliphatic rings. The van der Waals surface area contributed by atoms with Crippen molar-refractivity contribution in [2.24, 2.45) is 0 Å². The molecule has 1 aromatic carbocycles. The Morgan fingerprint density at radius 2 is 1.92 bits per heavy atom. The predicted molar refractivity (Wildman–Crippen MR) is 94.4 cm³/mol. The molecule has 0 aliphatic carbocycles. The van der Waals surface area contributed by atoms with Gasteiger partial charge in [-0.05, 0) is 37.9 Å². The van der Waals surface area contributed by atoms with Crippen LogP contribution in [0.3, 0.4) is 0 Å². The molecule has 1 heterocycles. The molecule has 7 heteroatoms. The minimum atomic E-state index is -0.978. The number of hydrogen-bond donors (Lipinski definition) is 1. The second-order valence-corrected chi connectivity index (χ2v) is 6.92. The number of carbonyl (C=O) groups excluding carboxylic acids is 1. The van der Waals surface area contributed by atoms with Gasteiger partial charge in [-0.2, -0.15) is 0 Å². The number of hydrogen-bond acceptors (Lipinski definition) is 3. The summed E-state index contributed by atoms with van der Waals surface area (Å²) in [5, 5.41) is 10.3. The number of carbonyl (C=O) groups is 2. The Bertz CT molecular complexity index is 589. The Morgan fingerprint density at radius 1 is 1.25 bits per heavy atom. The molecule has 1 atom stereocenters. The van der Waals surface area contributed by atoms with E-state index < -0.39 is 5.97 Å². The van der Waals surface area contributed by atoms with Crippen LogP contribution < -0.4 is 0 Å². The average Bonchev–Trinajstić information content (AvgIpc) is 2.74. The molecule has 1 aliphatic heterocycles. The molecule has 0 saturated carbocycles. The lowest BCUT2D eigenvalue weighted by atomic mass is 10.1. The lowest BCUT2D eigenvalue weighted by Gasteiger charge is -2.29. The maximum atomic E-state index is 11.8. The number of rotatable bonds is 5. The Labute approximate surface area is 152 Å². The van der Waals surface area contributed by atoms with E-state index in [9.17, 15) is 9.59 Å². The van der Waals surface area contributed by atoms with E-state index in [0.29, 0.717) is 16.6 Å². The number of aliphatic carboxylic acids is 1. The number of benzene rings is 1. The van der Waals surface area contributed by atoms with Gasteiger partial charge in [-0.15, -0.1) is 0 Å². The number of carboxylic acids is 1. The zero-order valence-electron chi connectivity index (χ0n) is 13.7. The van der Waals surface area contributed by atoms with Gasteiger partial charge in [0, 0.05) is 41.7 Å². The SMILES string of the molecule is CC(=O)N(CC(=O)O)[C@@H]1CCCN(Cc2c(Cl)cccc2Cl)CC1. The molecule has 0 spiro atoms. The fraction of sp³-hybridized carbons (Fsp3) is 0.529. The van der Waals surface area contributed by atoms with Crippen molar-refractivity contribution in [2.45, 2.75) is 38.8 Å². The van der Waals surface area contributed by atoms with Crippen LogP contribution in [0.25, 0.3) is 0 Å². The first-order valence-electron chi connectivity index (χ1n) is 8.02. The first-order chi connectivity index (χ1) is 11.4. The molecular weight excluding hydrogens is 351 g/mol. The van der Waals surface area contributed by atoms with Crippen LogP contribution in [0, 0.1) is 0 Å². The maximum absolute atomic E-state index is 11.8. The van der Waals surface area contributed by atoms with Gasteiger partial charge in [-0.3, -0.25) is 14.5 Å². The third-order valence-corrected chi connectivity index (χ3v) is 5.09. The Hall–Kier alpha value is -1.30. The molecule has 1 aromatic rings. The van der Waals surface area contributed by atoms with Crippen molar-refractivity contribution < 1.29 is 14.7 Å². The molecule has 1 N–H and O–H groups in total. The molecule has 0 aromatic heterocycles. The molecule has 24 heavy (non-hydrogen) atoms. The van der Waals surface area contributed by atoms with E-state index in [1.807, 2.05) is 18.2 Å². The summed E-state index contributed by atoms with van der Waals surface area (Å²) >= 11 is 12.5. The lowest BCUT2D eigenvalue weighted by molar-refractivity contribution is -0.145. The van der Waals surface area contributed by atoms with Gasteiger partial charge in [-0.25, -0.2) is 0 Å². The predicted octanol–water partition coefficient (Wildman–Crippen LogP) is 3.28. The van der Waals surface area contributed by atoms with Crippen LogP contribution in [0.15, 0.2) is 18.2 Å². The zero-order valence-corrected chi connectivity index (χ0v) is 15.2. The van der Waals surface area contributed by atoms with Crippen LogP contribution in [0.1, 0.15) is 31.7 Å². The highest BCUT2D eigenvalue weighted by atomic mass is 35.5. The summed E-state index contributed by atoms with van der Waals surface area (Å²) in [7, 11) is 0. The molecule has 0 radical (unpaired) electrons. The normalized spacial score (nSPS) is 18.9. The van der Waals surface area contributed by atoms with Crippen LogP contribution in [0.2, 0.25) is 10.0 Å². The van der Waals surface area contributed by atoms with Crippen molar-refractivity contribution >= 4 is 35.1 Å². The Kier molecular flexibility index (Phi) is 6.90. The number of amides is 1. The standard InChI is InChI=1S/C17H22Cl2N2O3/c1-12(22)21(11-17(23)24)13-4-3-8-20(9-7-13)10-14-15(18)5-2-6-16(14)19/h2,5-6,13H,3-4,7-11H2,1H3,(H,23,24)/t13-/m1/s1. The largest absolute Gasteiger partial charge is 0.480 e. The van der Waals surface area contributed by atoms with Crippen molar-refractivity contribution in [2.75, 3.05) is 19.6 Å². The summed E-state index contributed by atoms with van der Waals surface area (Å²) in [4.78, 5) is 26.5. The Balaban J connectivity index is 2.02. The molecule has 1 amide bonds. The van der Waals surface area contributed by atoms with Crippen LogP contribution in [0.4, 0.5) is 0 Å². The quantitative estimate of drug-likeness (QED) is 0.861. The van der Waals surface area contributed by atoms with Crippen molar-refractivity contribution in [1.29, 1.82) is 0 Å². The van der Waals surface area contributed by atoms with Gasteiger partial charge >= 0.3 is 5.97 Å². The highest BCUT2D eigenvalue weighted by Gasteiger charge is 2.26. The third kappa shape index (κ3) is 5.10. The molecule has 2 rings (SSSR count). The van der Waals surface area contributed by atoms with Crippen molar-refractivity contribution in [3.63, 3.8) is 0 Å². The van der Waals surface area contributed by atoms with Gasteiger partial charge < -0.3 is 10.0 Å². The lowest BCUT2D eigenvalue weighted by Crippen LogP contribution is -2.42. The van der Waals surface area contributed by atoms with Crippen LogP contribution in [0.5, 0.6) is 0 Å².